The van der Waals surface area contributed by atoms with Gasteiger partial charge >= 0.3 is 0 Å². The van der Waals surface area contributed by atoms with Gasteiger partial charge in [0.25, 0.3) is 0 Å². The molecule has 0 spiro atoms. The summed E-state index contributed by atoms with van der Waals surface area (Å²) in [6.45, 7) is 0.244. The van der Waals surface area contributed by atoms with Crippen molar-refractivity contribution in [2.75, 3.05) is 0 Å². The molecule has 0 saturated carbocycles. The summed E-state index contributed by atoms with van der Waals surface area (Å²) >= 11 is 5.91. The fraction of sp³-hybridized carbons (Fsp3) is 0.0833. The molecule has 0 N–H and O–H groups in total. The van der Waals surface area contributed by atoms with Crippen LogP contribution in [-0.2, 0) is 6.54 Å². The van der Waals surface area contributed by atoms with E-state index in [4.69, 9.17) is 16.1 Å². The largest absolute Gasteiger partial charge is 0.337 e. The second-order valence-corrected chi connectivity index (χ2v) is 4.42. The Morgan fingerprint density at radius 3 is 3.05 bits per heavy atom. The fourth-order valence-electron chi connectivity index (χ4n) is 1.65. The lowest BCUT2D eigenvalue weighted by Crippen LogP contribution is -2.00. The van der Waals surface area contributed by atoms with Crippen LogP contribution in [0.5, 0.6) is 0 Å². The number of hydrogen-bond donors (Lipinski definition) is 0. The second-order valence-electron chi connectivity index (χ2n) is 3.98. The lowest BCUT2D eigenvalue weighted by Gasteiger charge is -1.94. The van der Waals surface area contributed by atoms with Crippen molar-refractivity contribution in [1.29, 1.82) is 0 Å². The first-order chi connectivity index (χ1) is 9.74. The molecule has 7 nitrogen and oxygen atoms in total. The van der Waals surface area contributed by atoms with Gasteiger partial charge in [-0.05, 0) is 12.1 Å². The van der Waals surface area contributed by atoms with Crippen LogP contribution in [0.25, 0.3) is 11.4 Å². The van der Waals surface area contributed by atoms with Crippen LogP contribution in [0.2, 0.25) is 5.02 Å². The number of aromatic nitrogens is 5. The summed E-state index contributed by atoms with van der Waals surface area (Å²) in [5.74, 6) is 0.806. The number of carbonyl (C=O) groups is 1. The molecule has 100 valence electrons. The first-order valence-electron chi connectivity index (χ1n) is 5.68. The molecule has 1 aromatic carbocycles. The van der Waals surface area contributed by atoms with E-state index in [0.717, 1.165) is 5.56 Å². The van der Waals surface area contributed by atoms with Crippen molar-refractivity contribution in [3.05, 3.63) is 47.1 Å². The monoisotopic (exact) mass is 289 g/mol. The third-order valence-corrected chi connectivity index (χ3v) is 2.76. The molecule has 0 radical (unpaired) electrons. The van der Waals surface area contributed by atoms with Gasteiger partial charge in [-0.2, -0.15) is 4.98 Å². The molecule has 0 aliphatic carbocycles. The number of hydrogen-bond acceptors (Lipinski definition) is 6. The highest BCUT2D eigenvalue weighted by molar-refractivity contribution is 6.30. The van der Waals surface area contributed by atoms with Gasteiger partial charge in [0.2, 0.25) is 11.7 Å². The SMILES string of the molecule is O=Cc1cn(Cc2nc(-c3cccc(Cl)c3)no2)nn1. The molecular weight excluding hydrogens is 282 g/mol. The molecule has 0 aliphatic rings. The highest BCUT2D eigenvalue weighted by Gasteiger charge is 2.10. The van der Waals surface area contributed by atoms with E-state index < -0.39 is 0 Å². The Morgan fingerprint density at radius 1 is 1.40 bits per heavy atom. The Kier molecular flexibility index (Phi) is 3.26. The van der Waals surface area contributed by atoms with Crippen LogP contribution in [0.4, 0.5) is 0 Å². The first-order valence-corrected chi connectivity index (χ1v) is 6.06. The quantitative estimate of drug-likeness (QED) is 0.681. The van der Waals surface area contributed by atoms with Gasteiger partial charge in [-0.3, -0.25) is 4.79 Å². The minimum atomic E-state index is 0.244. The molecule has 0 fully saturated rings. The molecule has 0 atom stereocenters. The second kappa shape index (κ2) is 5.22. The highest BCUT2D eigenvalue weighted by Crippen LogP contribution is 2.19. The summed E-state index contributed by atoms with van der Waals surface area (Å²) in [6.07, 6.45) is 2.12. The highest BCUT2D eigenvalue weighted by atomic mass is 35.5. The minimum Gasteiger partial charge on any atom is -0.337 e. The van der Waals surface area contributed by atoms with Crippen LogP contribution < -0.4 is 0 Å². The van der Waals surface area contributed by atoms with Crippen molar-refractivity contribution in [3.63, 3.8) is 0 Å². The molecule has 2 heterocycles. The van der Waals surface area contributed by atoms with Gasteiger partial charge in [0.15, 0.2) is 6.29 Å². The Balaban J connectivity index is 1.81. The van der Waals surface area contributed by atoms with Crippen LogP contribution >= 0.6 is 11.6 Å². The number of halogens is 1. The van der Waals surface area contributed by atoms with Gasteiger partial charge in [0.05, 0.1) is 6.20 Å². The predicted molar refractivity (Wildman–Crippen MR) is 69.3 cm³/mol. The van der Waals surface area contributed by atoms with Gasteiger partial charge in [-0.15, -0.1) is 5.10 Å². The molecule has 8 heteroatoms. The van der Waals surface area contributed by atoms with Gasteiger partial charge in [0, 0.05) is 10.6 Å². The third-order valence-electron chi connectivity index (χ3n) is 2.53. The van der Waals surface area contributed by atoms with Crippen molar-refractivity contribution in [1.82, 2.24) is 25.1 Å². The van der Waals surface area contributed by atoms with E-state index in [9.17, 15) is 4.79 Å². The molecule has 0 saturated heterocycles. The summed E-state index contributed by atoms with van der Waals surface area (Å²) in [5, 5.41) is 11.9. The van der Waals surface area contributed by atoms with E-state index in [1.54, 1.807) is 12.1 Å². The zero-order chi connectivity index (χ0) is 13.9. The van der Waals surface area contributed by atoms with Gasteiger partial charge in [-0.25, -0.2) is 4.68 Å². The Morgan fingerprint density at radius 2 is 2.30 bits per heavy atom. The van der Waals surface area contributed by atoms with E-state index in [-0.39, 0.29) is 12.2 Å². The van der Waals surface area contributed by atoms with Gasteiger partial charge < -0.3 is 4.52 Å². The van der Waals surface area contributed by atoms with E-state index >= 15 is 0 Å². The van der Waals surface area contributed by atoms with Crippen molar-refractivity contribution in [2.45, 2.75) is 6.54 Å². The Bertz CT molecular complexity index is 752. The molecule has 3 aromatic rings. The number of nitrogens with zero attached hydrogens (tertiary/aromatic N) is 5. The molecule has 0 amide bonds. The van der Waals surface area contributed by atoms with E-state index in [0.29, 0.717) is 23.0 Å². The molecule has 3 rings (SSSR count). The summed E-state index contributed by atoms with van der Waals surface area (Å²) in [7, 11) is 0. The predicted octanol–water partition coefficient (Wildman–Crippen LogP) is 1.84. The summed E-state index contributed by atoms with van der Waals surface area (Å²) in [6, 6.07) is 7.15. The molecule has 0 aliphatic heterocycles. The zero-order valence-corrected chi connectivity index (χ0v) is 10.9. The summed E-state index contributed by atoms with van der Waals surface area (Å²) < 4.78 is 6.57. The van der Waals surface area contributed by atoms with Crippen molar-refractivity contribution in [2.24, 2.45) is 0 Å². The Hall–Kier alpha value is -2.54. The van der Waals surface area contributed by atoms with E-state index in [1.807, 2.05) is 12.1 Å². The normalized spacial score (nSPS) is 10.7. The minimum absolute atomic E-state index is 0.244. The number of aldehydes is 1. The van der Waals surface area contributed by atoms with E-state index in [2.05, 4.69) is 20.5 Å². The number of carbonyl (C=O) groups excluding carboxylic acids is 1. The maximum absolute atomic E-state index is 10.5. The van der Waals surface area contributed by atoms with Crippen LogP contribution in [0.1, 0.15) is 16.4 Å². The molecular formula is C12H8ClN5O2. The Labute approximate surface area is 118 Å². The standard InChI is InChI=1S/C12H8ClN5O2/c13-9-3-1-2-8(4-9)12-14-11(20-16-12)6-18-5-10(7-19)15-17-18/h1-5,7H,6H2. The van der Waals surface area contributed by atoms with Crippen molar-refractivity contribution < 1.29 is 9.32 Å². The summed E-state index contributed by atoms with van der Waals surface area (Å²) in [4.78, 5) is 14.8. The van der Waals surface area contributed by atoms with E-state index in [1.165, 1.54) is 10.9 Å². The average molecular weight is 290 g/mol. The van der Waals surface area contributed by atoms with Gasteiger partial charge in [0.1, 0.15) is 12.2 Å². The molecule has 20 heavy (non-hydrogen) atoms. The number of rotatable bonds is 4. The molecule has 2 aromatic heterocycles. The summed E-state index contributed by atoms with van der Waals surface area (Å²) in [5.41, 5.74) is 1.01. The topological polar surface area (TPSA) is 86.7 Å². The maximum atomic E-state index is 10.5. The molecule has 0 unspecified atom stereocenters. The van der Waals surface area contributed by atoms with Crippen LogP contribution in [0.15, 0.2) is 35.0 Å². The lowest BCUT2D eigenvalue weighted by molar-refractivity contribution is 0.111. The van der Waals surface area contributed by atoms with Crippen LogP contribution in [0.3, 0.4) is 0 Å². The fourth-order valence-corrected chi connectivity index (χ4v) is 1.84. The van der Waals surface area contributed by atoms with Crippen LogP contribution in [0, 0.1) is 0 Å². The van der Waals surface area contributed by atoms with Crippen molar-refractivity contribution in [3.8, 4) is 11.4 Å². The van der Waals surface area contributed by atoms with Crippen LogP contribution in [-0.4, -0.2) is 31.4 Å². The van der Waals surface area contributed by atoms with Crippen molar-refractivity contribution >= 4 is 17.9 Å². The lowest BCUT2D eigenvalue weighted by atomic mass is 10.2. The number of benzene rings is 1. The third kappa shape index (κ3) is 2.57. The smallest absolute Gasteiger partial charge is 0.248 e. The first kappa shape index (κ1) is 12.5. The maximum Gasteiger partial charge on any atom is 0.248 e. The zero-order valence-electron chi connectivity index (χ0n) is 10.1. The average Bonchev–Trinajstić information content (AvgIpc) is 3.08. The van der Waals surface area contributed by atoms with Gasteiger partial charge in [-0.1, -0.05) is 34.1 Å². The molecule has 0 bridgehead atoms.